The summed E-state index contributed by atoms with van der Waals surface area (Å²) >= 11 is 0. The number of unbranched alkanes of at least 4 members (excludes halogenated alkanes) is 2. The number of nitrogens with zero attached hydrogens (tertiary/aromatic N) is 3. The van der Waals surface area contributed by atoms with Gasteiger partial charge in [0.15, 0.2) is 0 Å². The van der Waals surface area contributed by atoms with Crippen molar-refractivity contribution < 1.29 is 13.6 Å². The third kappa shape index (κ3) is 4.67. The molecule has 0 atom stereocenters. The summed E-state index contributed by atoms with van der Waals surface area (Å²) in [5.41, 5.74) is 4.26. The number of halogens is 2. The zero-order valence-electron chi connectivity index (χ0n) is 19.0. The van der Waals surface area contributed by atoms with Crippen LogP contribution >= 0.6 is 0 Å². The molecule has 3 aromatic rings. The van der Waals surface area contributed by atoms with Crippen LogP contribution in [0.4, 0.5) is 8.78 Å². The lowest BCUT2D eigenvalue weighted by molar-refractivity contribution is -0.133. The van der Waals surface area contributed by atoms with Crippen LogP contribution in [0.3, 0.4) is 0 Å². The Hall–Kier alpha value is -2.73. The van der Waals surface area contributed by atoms with Gasteiger partial charge in [0, 0.05) is 55.8 Å². The highest BCUT2D eigenvalue weighted by molar-refractivity contribution is 5.87. The predicted molar refractivity (Wildman–Crippen MR) is 126 cm³/mol. The largest absolute Gasteiger partial charge is 0.343 e. The van der Waals surface area contributed by atoms with E-state index in [0.29, 0.717) is 12.3 Å². The molecular formula is C27H31F2N3O. The Bertz CT molecular complexity index is 1140. The van der Waals surface area contributed by atoms with Gasteiger partial charge in [-0.05, 0) is 80.3 Å². The van der Waals surface area contributed by atoms with Gasteiger partial charge in [0.25, 0.3) is 0 Å². The molecule has 0 N–H and O–H groups in total. The molecule has 0 spiro atoms. The highest BCUT2D eigenvalue weighted by Crippen LogP contribution is 2.34. The van der Waals surface area contributed by atoms with Crippen LogP contribution in [0, 0.1) is 11.6 Å². The minimum Gasteiger partial charge on any atom is -0.343 e. The fourth-order valence-electron chi connectivity index (χ4n) is 5.38. The topological polar surface area (TPSA) is 28.5 Å². The Morgan fingerprint density at radius 3 is 2.42 bits per heavy atom. The molecule has 6 heteroatoms. The highest BCUT2D eigenvalue weighted by Gasteiger charge is 2.25. The van der Waals surface area contributed by atoms with E-state index in [2.05, 4.69) is 9.47 Å². The first kappa shape index (κ1) is 22.1. The lowest BCUT2D eigenvalue weighted by Crippen LogP contribution is -2.36. The number of amides is 1. The normalized spacial score (nSPS) is 17.0. The molecule has 0 aliphatic carbocycles. The molecule has 0 saturated carbocycles. The summed E-state index contributed by atoms with van der Waals surface area (Å²) < 4.78 is 29.8. The molecule has 4 nitrogen and oxygen atoms in total. The van der Waals surface area contributed by atoms with Gasteiger partial charge in [-0.15, -0.1) is 0 Å². The lowest BCUT2D eigenvalue weighted by Gasteiger charge is -2.29. The van der Waals surface area contributed by atoms with Crippen molar-refractivity contribution in [1.82, 2.24) is 14.4 Å². The van der Waals surface area contributed by atoms with Crippen LogP contribution < -0.4 is 0 Å². The molecule has 2 aliphatic heterocycles. The SMILES string of the molecule is O=C1CCCCN1CCCCCN1CCc2c(c3cc(F)ccc3n2-c2ccc(F)cc2)C1. The molecule has 2 aromatic carbocycles. The molecule has 2 aliphatic rings. The van der Waals surface area contributed by atoms with Crippen molar-refractivity contribution >= 4 is 16.8 Å². The Labute approximate surface area is 193 Å². The summed E-state index contributed by atoms with van der Waals surface area (Å²) in [7, 11) is 0. The number of aromatic nitrogens is 1. The Morgan fingerprint density at radius 1 is 0.818 bits per heavy atom. The number of carbonyl (C=O) groups is 1. The molecule has 33 heavy (non-hydrogen) atoms. The minimum absolute atomic E-state index is 0.231. The van der Waals surface area contributed by atoms with Gasteiger partial charge in [0.1, 0.15) is 11.6 Å². The van der Waals surface area contributed by atoms with Gasteiger partial charge < -0.3 is 9.47 Å². The van der Waals surface area contributed by atoms with Gasteiger partial charge in [-0.2, -0.15) is 0 Å². The van der Waals surface area contributed by atoms with E-state index in [-0.39, 0.29) is 11.6 Å². The molecular weight excluding hydrogens is 420 g/mol. The van der Waals surface area contributed by atoms with E-state index in [9.17, 15) is 13.6 Å². The number of fused-ring (bicyclic) bond motifs is 3. The van der Waals surface area contributed by atoms with E-state index in [1.54, 1.807) is 18.2 Å². The van der Waals surface area contributed by atoms with E-state index in [0.717, 1.165) is 87.8 Å². The molecule has 3 heterocycles. The summed E-state index contributed by atoms with van der Waals surface area (Å²) in [5, 5.41) is 0.947. The molecule has 1 fully saturated rings. The smallest absolute Gasteiger partial charge is 0.222 e. The zero-order chi connectivity index (χ0) is 22.8. The van der Waals surface area contributed by atoms with Crippen LogP contribution in [-0.4, -0.2) is 46.5 Å². The second kappa shape index (κ2) is 9.64. The number of hydrogen-bond donors (Lipinski definition) is 0. The monoisotopic (exact) mass is 451 g/mol. The van der Waals surface area contributed by atoms with E-state index >= 15 is 0 Å². The molecule has 0 radical (unpaired) electrons. The van der Waals surface area contributed by atoms with Crippen molar-refractivity contribution in [3.63, 3.8) is 0 Å². The first-order chi connectivity index (χ1) is 16.1. The van der Waals surface area contributed by atoms with Crippen LogP contribution in [0.1, 0.15) is 49.8 Å². The second-order valence-electron chi connectivity index (χ2n) is 9.32. The van der Waals surface area contributed by atoms with Gasteiger partial charge in [-0.3, -0.25) is 9.69 Å². The molecule has 5 rings (SSSR count). The second-order valence-corrected chi connectivity index (χ2v) is 9.32. The Balaban J connectivity index is 1.26. The maximum absolute atomic E-state index is 14.1. The average molecular weight is 452 g/mol. The highest BCUT2D eigenvalue weighted by atomic mass is 19.1. The van der Waals surface area contributed by atoms with Crippen LogP contribution in [0.15, 0.2) is 42.5 Å². The van der Waals surface area contributed by atoms with Crippen LogP contribution in [0.25, 0.3) is 16.6 Å². The van der Waals surface area contributed by atoms with Crippen molar-refractivity contribution in [1.29, 1.82) is 0 Å². The molecule has 0 bridgehead atoms. The van der Waals surface area contributed by atoms with Crippen molar-refractivity contribution in [2.45, 2.75) is 51.5 Å². The number of rotatable bonds is 7. The number of hydrogen-bond acceptors (Lipinski definition) is 2. The molecule has 0 unspecified atom stereocenters. The maximum Gasteiger partial charge on any atom is 0.222 e. The van der Waals surface area contributed by atoms with Gasteiger partial charge in [-0.1, -0.05) is 6.42 Å². The van der Waals surface area contributed by atoms with Gasteiger partial charge >= 0.3 is 0 Å². The standard InChI is InChI=1S/C27H31F2N3O/c28-20-7-10-22(11-8-20)32-25-12-9-21(29)18-23(25)24-19-30(17-13-26(24)32)14-3-1-4-15-31-16-5-2-6-27(31)33/h7-12,18H,1-6,13-17,19H2. The van der Waals surface area contributed by atoms with Crippen LogP contribution in [0.5, 0.6) is 0 Å². The fraction of sp³-hybridized carbons (Fsp3) is 0.444. The summed E-state index contributed by atoms with van der Waals surface area (Å²) in [6.45, 7) is 4.56. The van der Waals surface area contributed by atoms with Crippen LogP contribution in [-0.2, 0) is 17.8 Å². The molecule has 1 amide bonds. The average Bonchev–Trinajstić information content (AvgIpc) is 3.13. The Morgan fingerprint density at radius 2 is 1.61 bits per heavy atom. The quantitative estimate of drug-likeness (QED) is 0.447. The lowest BCUT2D eigenvalue weighted by atomic mass is 10.0. The van der Waals surface area contributed by atoms with Crippen molar-refractivity contribution in [3.8, 4) is 5.69 Å². The van der Waals surface area contributed by atoms with Gasteiger partial charge in [0.05, 0.1) is 5.52 Å². The van der Waals surface area contributed by atoms with E-state index < -0.39 is 0 Å². The summed E-state index contributed by atoms with van der Waals surface area (Å²) in [5.74, 6) is -0.175. The maximum atomic E-state index is 14.1. The van der Waals surface area contributed by atoms with E-state index in [1.807, 2.05) is 11.0 Å². The number of carbonyl (C=O) groups excluding carboxylic acids is 1. The third-order valence-electron chi connectivity index (χ3n) is 7.10. The Kier molecular flexibility index (Phi) is 6.45. The van der Waals surface area contributed by atoms with E-state index in [4.69, 9.17) is 0 Å². The van der Waals surface area contributed by atoms with Crippen molar-refractivity contribution in [2.75, 3.05) is 26.2 Å². The summed E-state index contributed by atoms with van der Waals surface area (Å²) in [4.78, 5) is 16.4. The summed E-state index contributed by atoms with van der Waals surface area (Å²) in [6.07, 6.45) is 7.02. The van der Waals surface area contributed by atoms with Crippen molar-refractivity contribution in [3.05, 3.63) is 65.4 Å². The summed E-state index contributed by atoms with van der Waals surface area (Å²) in [6, 6.07) is 11.5. The van der Waals surface area contributed by atoms with Gasteiger partial charge in [-0.25, -0.2) is 8.78 Å². The molecule has 1 saturated heterocycles. The van der Waals surface area contributed by atoms with Crippen LogP contribution in [0.2, 0.25) is 0 Å². The first-order valence-corrected chi connectivity index (χ1v) is 12.2. The molecule has 174 valence electrons. The predicted octanol–water partition coefficient (Wildman–Crippen LogP) is 5.45. The number of piperidine rings is 1. The minimum atomic E-state index is -0.258. The fourth-order valence-corrected chi connectivity index (χ4v) is 5.38. The number of likely N-dealkylation sites (tertiary alicyclic amines) is 1. The van der Waals surface area contributed by atoms with Crippen molar-refractivity contribution in [2.24, 2.45) is 0 Å². The van der Waals surface area contributed by atoms with E-state index in [1.165, 1.54) is 29.5 Å². The zero-order valence-corrected chi connectivity index (χ0v) is 19.0. The molecule has 1 aromatic heterocycles. The number of benzene rings is 2. The third-order valence-corrected chi connectivity index (χ3v) is 7.10. The van der Waals surface area contributed by atoms with Gasteiger partial charge in [0.2, 0.25) is 5.91 Å². The first-order valence-electron chi connectivity index (χ1n) is 12.2.